The van der Waals surface area contributed by atoms with Gasteiger partial charge >= 0.3 is 5.97 Å². The van der Waals surface area contributed by atoms with Gasteiger partial charge in [0.05, 0.1) is 7.11 Å². The standard InChI is InChI=1S/C7H8Cl2N4O2/c1-3(4(14)15-2)10-7-12-5(8)11-6(9)13-7/h3H,1-2H3,(H,10,11,12,13). The van der Waals surface area contributed by atoms with Gasteiger partial charge in [-0.3, -0.25) is 0 Å². The third-order valence-corrected chi connectivity index (χ3v) is 1.82. The maximum atomic E-state index is 11.1. The Bertz CT molecular complexity index is 354. The van der Waals surface area contributed by atoms with Gasteiger partial charge < -0.3 is 10.1 Å². The maximum Gasteiger partial charge on any atom is 0.328 e. The molecule has 8 heteroatoms. The highest BCUT2D eigenvalue weighted by molar-refractivity contribution is 6.31. The first-order valence-corrected chi connectivity index (χ1v) is 4.70. The van der Waals surface area contributed by atoms with Crippen molar-refractivity contribution in [3.8, 4) is 0 Å². The zero-order chi connectivity index (χ0) is 11.4. The smallest absolute Gasteiger partial charge is 0.328 e. The van der Waals surface area contributed by atoms with Crippen molar-refractivity contribution in [3.63, 3.8) is 0 Å². The number of ether oxygens (including phenoxy) is 1. The SMILES string of the molecule is COC(=O)C(C)Nc1nc(Cl)nc(Cl)n1. The van der Waals surface area contributed by atoms with Crippen molar-refractivity contribution < 1.29 is 9.53 Å². The van der Waals surface area contributed by atoms with Crippen LogP contribution in [0.1, 0.15) is 6.92 Å². The summed E-state index contributed by atoms with van der Waals surface area (Å²) in [7, 11) is 1.29. The lowest BCUT2D eigenvalue weighted by molar-refractivity contribution is -0.141. The van der Waals surface area contributed by atoms with E-state index >= 15 is 0 Å². The van der Waals surface area contributed by atoms with Crippen molar-refractivity contribution in [1.82, 2.24) is 15.0 Å². The fraction of sp³-hybridized carbons (Fsp3) is 0.429. The summed E-state index contributed by atoms with van der Waals surface area (Å²) >= 11 is 11.1. The summed E-state index contributed by atoms with van der Waals surface area (Å²) in [6, 6.07) is -0.593. The molecule has 1 atom stereocenters. The van der Waals surface area contributed by atoms with Crippen molar-refractivity contribution in [2.45, 2.75) is 13.0 Å². The zero-order valence-electron chi connectivity index (χ0n) is 7.99. The van der Waals surface area contributed by atoms with Gasteiger partial charge in [0.1, 0.15) is 6.04 Å². The average Bonchev–Trinajstić information content (AvgIpc) is 2.14. The summed E-state index contributed by atoms with van der Waals surface area (Å²) in [5.74, 6) is -0.319. The van der Waals surface area contributed by atoms with Gasteiger partial charge in [-0.15, -0.1) is 0 Å². The molecule has 1 rings (SSSR count). The van der Waals surface area contributed by atoms with Gasteiger partial charge in [-0.05, 0) is 30.1 Å². The van der Waals surface area contributed by atoms with Gasteiger partial charge in [0.25, 0.3) is 0 Å². The molecule has 1 N–H and O–H groups in total. The number of anilines is 1. The molecule has 6 nitrogen and oxygen atoms in total. The van der Waals surface area contributed by atoms with E-state index in [-0.39, 0.29) is 16.5 Å². The van der Waals surface area contributed by atoms with Crippen LogP contribution in [-0.2, 0) is 9.53 Å². The first-order chi connectivity index (χ1) is 7.02. The molecule has 0 spiro atoms. The summed E-state index contributed by atoms with van der Waals surface area (Å²) in [6.07, 6.45) is 0. The number of hydrogen-bond acceptors (Lipinski definition) is 6. The van der Waals surface area contributed by atoms with Crippen LogP contribution in [0.4, 0.5) is 5.95 Å². The number of aromatic nitrogens is 3. The average molecular weight is 251 g/mol. The minimum atomic E-state index is -0.593. The van der Waals surface area contributed by atoms with Gasteiger partial charge in [0, 0.05) is 0 Å². The minimum Gasteiger partial charge on any atom is -0.467 e. The van der Waals surface area contributed by atoms with Crippen LogP contribution in [0.3, 0.4) is 0 Å². The molecule has 0 saturated carbocycles. The van der Waals surface area contributed by atoms with E-state index in [1.165, 1.54) is 7.11 Å². The number of nitrogens with zero attached hydrogens (tertiary/aromatic N) is 3. The molecule has 1 aromatic heterocycles. The Kier molecular flexibility index (Phi) is 4.05. The molecular formula is C7H8Cl2N4O2. The molecule has 1 heterocycles. The molecule has 1 unspecified atom stereocenters. The van der Waals surface area contributed by atoms with Crippen LogP contribution in [0, 0.1) is 0 Å². The van der Waals surface area contributed by atoms with E-state index in [1.54, 1.807) is 6.92 Å². The molecule has 0 amide bonds. The molecule has 0 radical (unpaired) electrons. The fourth-order valence-electron chi connectivity index (χ4n) is 0.820. The number of halogens is 2. The van der Waals surface area contributed by atoms with E-state index in [1.807, 2.05) is 0 Å². The van der Waals surface area contributed by atoms with E-state index in [0.29, 0.717) is 0 Å². The Labute approximate surface area is 96.0 Å². The maximum absolute atomic E-state index is 11.1. The number of methoxy groups -OCH3 is 1. The van der Waals surface area contributed by atoms with E-state index in [0.717, 1.165) is 0 Å². The van der Waals surface area contributed by atoms with Crippen LogP contribution in [-0.4, -0.2) is 34.1 Å². The van der Waals surface area contributed by atoms with Gasteiger partial charge in [-0.25, -0.2) is 4.79 Å². The fourth-order valence-corrected chi connectivity index (χ4v) is 1.18. The number of carbonyl (C=O) groups is 1. The lowest BCUT2D eigenvalue weighted by atomic mass is 10.3. The van der Waals surface area contributed by atoms with Crippen LogP contribution in [0.15, 0.2) is 0 Å². The quantitative estimate of drug-likeness (QED) is 0.812. The lowest BCUT2D eigenvalue weighted by Crippen LogP contribution is -2.28. The van der Waals surface area contributed by atoms with Crippen molar-refractivity contribution >= 4 is 35.1 Å². The van der Waals surface area contributed by atoms with E-state index in [2.05, 4.69) is 25.0 Å². The van der Waals surface area contributed by atoms with Gasteiger partial charge in [-0.2, -0.15) is 15.0 Å². The van der Waals surface area contributed by atoms with Gasteiger partial charge in [0.15, 0.2) is 0 Å². The van der Waals surface area contributed by atoms with Crippen molar-refractivity contribution in [1.29, 1.82) is 0 Å². The summed E-state index contributed by atoms with van der Waals surface area (Å²) in [4.78, 5) is 22.1. The first kappa shape index (κ1) is 11.9. The Morgan fingerprint density at radius 2 is 1.87 bits per heavy atom. The molecule has 15 heavy (non-hydrogen) atoms. The predicted molar refractivity (Wildman–Crippen MR) is 54.9 cm³/mol. The molecule has 0 aliphatic rings. The molecule has 0 aliphatic heterocycles. The van der Waals surface area contributed by atoms with Crippen LogP contribution < -0.4 is 5.32 Å². The highest BCUT2D eigenvalue weighted by Gasteiger charge is 2.14. The molecule has 1 aromatic rings. The van der Waals surface area contributed by atoms with Crippen molar-refractivity contribution in [3.05, 3.63) is 10.6 Å². The molecule has 0 fully saturated rings. The summed E-state index contributed by atoms with van der Waals surface area (Å²) in [6.45, 7) is 1.59. The zero-order valence-corrected chi connectivity index (χ0v) is 9.50. The second-order valence-corrected chi connectivity index (χ2v) is 3.26. The monoisotopic (exact) mass is 250 g/mol. The van der Waals surface area contributed by atoms with Crippen LogP contribution in [0.5, 0.6) is 0 Å². The third kappa shape index (κ3) is 3.49. The number of esters is 1. The largest absolute Gasteiger partial charge is 0.467 e. The Hall–Kier alpha value is -1.14. The normalized spacial score (nSPS) is 12.0. The highest BCUT2D eigenvalue weighted by Crippen LogP contribution is 2.10. The van der Waals surface area contributed by atoms with Crippen molar-refractivity contribution in [2.75, 3.05) is 12.4 Å². The van der Waals surface area contributed by atoms with Crippen LogP contribution in [0.25, 0.3) is 0 Å². The number of nitrogens with one attached hydrogen (secondary N) is 1. The van der Waals surface area contributed by atoms with Crippen LogP contribution >= 0.6 is 23.2 Å². The Morgan fingerprint density at radius 1 is 1.33 bits per heavy atom. The second-order valence-electron chi connectivity index (χ2n) is 2.59. The molecule has 0 saturated heterocycles. The van der Waals surface area contributed by atoms with E-state index in [4.69, 9.17) is 23.2 Å². The third-order valence-electron chi connectivity index (χ3n) is 1.48. The Balaban J connectivity index is 2.76. The summed E-state index contributed by atoms with van der Waals surface area (Å²) < 4.78 is 4.51. The summed E-state index contributed by atoms with van der Waals surface area (Å²) in [5, 5.41) is 2.58. The molecular weight excluding hydrogens is 243 g/mol. The number of carbonyl (C=O) groups excluding carboxylic acids is 1. The van der Waals surface area contributed by atoms with Crippen LogP contribution in [0.2, 0.25) is 10.6 Å². The highest BCUT2D eigenvalue weighted by atomic mass is 35.5. The van der Waals surface area contributed by atoms with E-state index < -0.39 is 12.0 Å². The Morgan fingerprint density at radius 3 is 2.33 bits per heavy atom. The second kappa shape index (κ2) is 5.09. The topological polar surface area (TPSA) is 77.0 Å². The molecule has 0 aliphatic carbocycles. The molecule has 82 valence electrons. The molecule has 0 bridgehead atoms. The lowest BCUT2D eigenvalue weighted by Gasteiger charge is -2.10. The van der Waals surface area contributed by atoms with Crippen molar-refractivity contribution in [2.24, 2.45) is 0 Å². The number of rotatable bonds is 3. The summed E-state index contributed by atoms with van der Waals surface area (Å²) in [5.41, 5.74) is 0. The van der Waals surface area contributed by atoms with Gasteiger partial charge in [-0.1, -0.05) is 0 Å². The molecule has 0 aromatic carbocycles. The van der Waals surface area contributed by atoms with E-state index in [9.17, 15) is 4.79 Å². The first-order valence-electron chi connectivity index (χ1n) is 3.94. The predicted octanol–water partition coefficient (Wildman–Crippen LogP) is 1.15. The minimum absolute atomic E-state index is 0.0467. The number of hydrogen-bond donors (Lipinski definition) is 1. The van der Waals surface area contributed by atoms with Gasteiger partial charge in [0.2, 0.25) is 16.5 Å².